The van der Waals surface area contributed by atoms with Gasteiger partial charge < -0.3 is 15.4 Å². The summed E-state index contributed by atoms with van der Waals surface area (Å²) in [5.41, 5.74) is 2.70. The average molecular weight is 333 g/mol. The number of carbonyl (C=O) groups is 1. The molecule has 0 aliphatic heterocycles. The van der Waals surface area contributed by atoms with Gasteiger partial charge in [-0.3, -0.25) is 4.79 Å². The van der Waals surface area contributed by atoms with E-state index in [1.807, 2.05) is 60.7 Å². The van der Waals surface area contributed by atoms with Gasteiger partial charge in [0, 0.05) is 11.8 Å². The molecule has 5 nitrogen and oxygen atoms in total. The summed E-state index contributed by atoms with van der Waals surface area (Å²) in [6, 6.07) is 20.9. The molecule has 5 heteroatoms. The fourth-order valence-electron chi connectivity index (χ4n) is 2.38. The number of rotatable bonds is 6. The minimum Gasteiger partial charge on any atom is -0.497 e. The molecule has 0 saturated carbocycles. The maximum Gasteiger partial charge on any atom is 0.229 e. The molecule has 1 heterocycles. The number of methoxy groups -OCH3 is 1. The lowest BCUT2D eigenvalue weighted by Gasteiger charge is -2.09. The Morgan fingerprint density at radius 2 is 1.84 bits per heavy atom. The number of nitrogens with zero attached hydrogens (tertiary/aromatic N) is 1. The van der Waals surface area contributed by atoms with Gasteiger partial charge in [0.1, 0.15) is 11.6 Å². The molecule has 2 aromatic carbocycles. The summed E-state index contributed by atoms with van der Waals surface area (Å²) in [5, 5.41) is 6.05. The first-order valence-electron chi connectivity index (χ1n) is 7.94. The zero-order valence-corrected chi connectivity index (χ0v) is 13.9. The van der Waals surface area contributed by atoms with E-state index in [-0.39, 0.29) is 5.91 Å². The lowest BCUT2D eigenvalue weighted by molar-refractivity contribution is -0.115. The van der Waals surface area contributed by atoms with Gasteiger partial charge in [-0.2, -0.15) is 0 Å². The number of hydrogen-bond donors (Lipinski definition) is 2. The molecular weight excluding hydrogens is 314 g/mol. The van der Waals surface area contributed by atoms with Gasteiger partial charge in [0.05, 0.1) is 25.4 Å². The summed E-state index contributed by atoms with van der Waals surface area (Å²) in [6.45, 7) is 0. The molecule has 0 bridgehead atoms. The van der Waals surface area contributed by atoms with Gasteiger partial charge in [-0.15, -0.1) is 0 Å². The first-order valence-corrected chi connectivity index (χ1v) is 7.94. The lowest BCUT2D eigenvalue weighted by Crippen LogP contribution is -2.15. The van der Waals surface area contributed by atoms with Crippen molar-refractivity contribution >= 4 is 23.1 Å². The predicted octanol–water partition coefficient (Wildman–Crippen LogP) is 4.02. The number of benzene rings is 2. The Balaban J connectivity index is 1.59. The quantitative estimate of drug-likeness (QED) is 0.715. The molecule has 0 saturated heterocycles. The van der Waals surface area contributed by atoms with Crippen molar-refractivity contribution in [2.24, 2.45) is 0 Å². The fraction of sp³-hybridized carbons (Fsp3) is 0.100. The summed E-state index contributed by atoms with van der Waals surface area (Å²) >= 11 is 0. The van der Waals surface area contributed by atoms with E-state index in [4.69, 9.17) is 4.74 Å². The molecule has 3 rings (SSSR count). The van der Waals surface area contributed by atoms with Crippen molar-refractivity contribution in [2.45, 2.75) is 6.42 Å². The molecule has 25 heavy (non-hydrogen) atoms. The van der Waals surface area contributed by atoms with Crippen LogP contribution >= 0.6 is 0 Å². The SMILES string of the molecule is COc1cccc(Nc2ccc(NC(=O)Cc3ccccc3)nc2)c1. The number of nitrogens with one attached hydrogen (secondary N) is 2. The second-order valence-corrected chi connectivity index (χ2v) is 5.50. The van der Waals surface area contributed by atoms with Gasteiger partial charge >= 0.3 is 0 Å². The molecule has 0 radical (unpaired) electrons. The lowest BCUT2D eigenvalue weighted by atomic mass is 10.1. The van der Waals surface area contributed by atoms with E-state index in [0.717, 1.165) is 22.7 Å². The third kappa shape index (κ3) is 4.81. The van der Waals surface area contributed by atoms with Gasteiger partial charge in [-0.1, -0.05) is 36.4 Å². The van der Waals surface area contributed by atoms with Crippen LogP contribution in [0.25, 0.3) is 0 Å². The molecule has 2 N–H and O–H groups in total. The smallest absolute Gasteiger partial charge is 0.229 e. The number of aromatic nitrogens is 1. The Morgan fingerprint density at radius 1 is 1.00 bits per heavy atom. The van der Waals surface area contributed by atoms with E-state index in [1.165, 1.54) is 0 Å². The first-order chi connectivity index (χ1) is 12.2. The summed E-state index contributed by atoms with van der Waals surface area (Å²) in [7, 11) is 1.63. The first kappa shape index (κ1) is 16.5. The zero-order valence-electron chi connectivity index (χ0n) is 13.9. The second kappa shape index (κ2) is 7.97. The summed E-state index contributed by atoms with van der Waals surface area (Å²) < 4.78 is 5.20. The Bertz CT molecular complexity index is 833. The van der Waals surface area contributed by atoms with Crippen LogP contribution in [0.4, 0.5) is 17.2 Å². The second-order valence-electron chi connectivity index (χ2n) is 5.50. The minimum absolute atomic E-state index is 0.0906. The molecule has 0 spiro atoms. The van der Waals surface area contributed by atoms with Crippen molar-refractivity contribution in [2.75, 3.05) is 17.7 Å². The predicted molar refractivity (Wildman–Crippen MR) is 99.3 cm³/mol. The van der Waals surface area contributed by atoms with Crippen LogP contribution < -0.4 is 15.4 Å². The molecule has 126 valence electrons. The summed E-state index contributed by atoms with van der Waals surface area (Å²) in [4.78, 5) is 16.3. The summed E-state index contributed by atoms with van der Waals surface area (Å²) in [5.74, 6) is 1.21. The fourth-order valence-corrected chi connectivity index (χ4v) is 2.38. The van der Waals surface area contributed by atoms with Crippen LogP contribution in [0, 0.1) is 0 Å². The summed E-state index contributed by atoms with van der Waals surface area (Å²) in [6.07, 6.45) is 2.00. The van der Waals surface area contributed by atoms with Crippen molar-refractivity contribution < 1.29 is 9.53 Å². The molecule has 1 amide bonds. The topological polar surface area (TPSA) is 63.2 Å². The molecule has 0 aliphatic rings. The number of anilines is 3. The van der Waals surface area contributed by atoms with Crippen LogP contribution in [0.3, 0.4) is 0 Å². The number of ether oxygens (including phenoxy) is 1. The number of hydrogen-bond acceptors (Lipinski definition) is 4. The van der Waals surface area contributed by atoms with Crippen molar-refractivity contribution in [1.82, 2.24) is 4.98 Å². The van der Waals surface area contributed by atoms with Crippen molar-refractivity contribution in [3.8, 4) is 5.75 Å². The highest BCUT2D eigenvalue weighted by Gasteiger charge is 2.05. The highest BCUT2D eigenvalue weighted by atomic mass is 16.5. The van der Waals surface area contributed by atoms with E-state index in [2.05, 4.69) is 15.6 Å². The monoisotopic (exact) mass is 333 g/mol. The van der Waals surface area contributed by atoms with Crippen LogP contribution in [0.15, 0.2) is 72.9 Å². The van der Waals surface area contributed by atoms with Gasteiger partial charge in [-0.05, 0) is 29.8 Å². The Kier molecular flexibility index (Phi) is 5.26. The van der Waals surface area contributed by atoms with Crippen LogP contribution in [-0.2, 0) is 11.2 Å². The van der Waals surface area contributed by atoms with Gasteiger partial charge in [0.15, 0.2) is 0 Å². The largest absolute Gasteiger partial charge is 0.497 e. The average Bonchev–Trinajstić information content (AvgIpc) is 2.64. The molecular formula is C20H19N3O2. The van der Waals surface area contributed by atoms with E-state index in [9.17, 15) is 4.79 Å². The Hall–Kier alpha value is -3.34. The van der Waals surface area contributed by atoms with Crippen LogP contribution in [0.5, 0.6) is 5.75 Å². The highest BCUT2D eigenvalue weighted by molar-refractivity contribution is 5.91. The highest BCUT2D eigenvalue weighted by Crippen LogP contribution is 2.21. The third-order valence-corrected chi connectivity index (χ3v) is 3.60. The number of amides is 1. The van der Waals surface area contributed by atoms with E-state index < -0.39 is 0 Å². The zero-order chi connectivity index (χ0) is 17.5. The van der Waals surface area contributed by atoms with E-state index >= 15 is 0 Å². The normalized spacial score (nSPS) is 10.1. The van der Waals surface area contributed by atoms with Crippen LogP contribution in [0.2, 0.25) is 0 Å². The van der Waals surface area contributed by atoms with Crippen molar-refractivity contribution in [3.63, 3.8) is 0 Å². The maximum atomic E-state index is 12.0. The molecule has 0 unspecified atom stereocenters. The molecule has 1 aromatic heterocycles. The van der Waals surface area contributed by atoms with Gasteiger partial charge in [0.2, 0.25) is 5.91 Å². The van der Waals surface area contributed by atoms with E-state index in [0.29, 0.717) is 12.2 Å². The third-order valence-electron chi connectivity index (χ3n) is 3.60. The van der Waals surface area contributed by atoms with Crippen LogP contribution in [-0.4, -0.2) is 18.0 Å². The van der Waals surface area contributed by atoms with Gasteiger partial charge in [-0.25, -0.2) is 4.98 Å². The van der Waals surface area contributed by atoms with Gasteiger partial charge in [0.25, 0.3) is 0 Å². The standard InChI is InChI=1S/C20H19N3O2/c1-25-18-9-5-8-16(13-18)22-17-10-11-19(21-14-17)23-20(24)12-15-6-3-2-4-7-15/h2-11,13-14,22H,12H2,1H3,(H,21,23,24). The maximum absolute atomic E-state index is 12.0. The van der Waals surface area contributed by atoms with Crippen molar-refractivity contribution in [3.05, 3.63) is 78.5 Å². The molecule has 0 aliphatic carbocycles. The van der Waals surface area contributed by atoms with Crippen molar-refractivity contribution in [1.29, 1.82) is 0 Å². The van der Waals surface area contributed by atoms with Crippen LogP contribution in [0.1, 0.15) is 5.56 Å². The van der Waals surface area contributed by atoms with E-state index in [1.54, 1.807) is 19.4 Å². The number of carbonyl (C=O) groups excluding carboxylic acids is 1. The Morgan fingerprint density at radius 3 is 2.56 bits per heavy atom. The number of pyridine rings is 1. The molecule has 0 fully saturated rings. The molecule has 3 aromatic rings. The minimum atomic E-state index is -0.0906. The Labute approximate surface area is 146 Å². The molecule has 0 atom stereocenters.